The highest BCUT2D eigenvalue weighted by Crippen LogP contribution is 2.03. The highest BCUT2D eigenvalue weighted by Gasteiger charge is 2.13. The third-order valence-electron chi connectivity index (χ3n) is 2.62. The molecular weight excluding hydrogens is 258 g/mol. The molecule has 1 aromatic carbocycles. The maximum absolute atomic E-state index is 11.7. The van der Waals surface area contributed by atoms with Crippen molar-refractivity contribution in [2.45, 2.75) is 13.5 Å². The number of nitrogens with zero attached hydrogens (tertiary/aromatic N) is 1. The predicted molar refractivity (Wildman–Crippen MR) is 76.0 cm³/mol. The van der Waals surface area contributed by atoms with E-state index in [0.717, 1.165) is 5.56 Å². The van der Waals surface area contributed by atoms with Crippen molar-refractivity contribution in [2.24, 2.45) is 0 Å². The number of hydrogen-bond acceptors (Lipinski definition) is 4. The molecule has 3 N–H and O–H groups in total. The molecule has 0 atom stereocenters. The summed E-state index contributed by atoms with van der Waals surface area (Å²) in [4.78, 5) is 24.7. The summed E-state index contributed by atoms with van der Waals surface area (Å²) < 4.78 is 0. The number of hydrogen-bond donors (Lipinski definition) is 3. The Morgan fingerprint density at radius 3 is 2.55 bits per heavy atom. The normalized spacial score (nSPS) is 10.3. The van der Waals surface area contributed by atoms with Gasteiger partial charge in [-0.05, 0) is 12.5 Å². The minimum atomic E-state index is -0.499. The van der Waals surface area contributed by atoms with Crippen LogP contribution in [0.15, 0.2) is 30.3 Å². The fourth-order valence-electron chi connectivity index (χ4n) is 1.77. The largest absolute Gasteiger partial charge is 0.395 e. The Labute approximate surface area is 118 Å². The van der Waals surface area contributed by atoms with Crippen molar-refractivity contribution in [3.63, 3.8) is 0 Å². The standard InChI is InChI=1S/C14H21N3O3/c1-2-15-14(20)16-13(19)11-17(8-9-18)10-12-6-4-3-5-7-12/h3-7,18H,2,8-11H2,1H3,(H2,15,16,19,20). The Bertz CT molecular complexity index is 423. The van der Waals surface area contributed by atoms with Crippen LogP contribution in [-0.4, -0.2) is 48.2 Å². The zero-order valence-electron chi connectivity index (χ0n) is 11.6. The number of aliphatic hydroxyl groups excluding tert-OH is 1. The van der Waals surface area contributed by atoms with Gasteiger partial charge >= 0.3 is 6.03 Å². The number of amides is 3. The molecule has 6 nitrogen and oxygen atoms in total. The number of carbonyl (C=O) groups is 2. The molecule has 1 rings (SSSR count). The third-order valence-corrected chi connectivity index (χ3v) is 2.62. The number of aliphatic hydroxyl groups is 1. The summed E-state index contributed by atoms with van der Waals surface area (Å²) in [6.45, 7) is 3.18. The minimum Gasteiger partial charge on any atom is -0.395 e. The van der Waals surface area contributed by atoms with Crippen LogP contribution in [0.4, 0.5) is 4.79 Å². The molecule has 0 heterocycles. The van der Waals surface area contributed by atoms with Gasteiger partial charge < -0.3 is 10.4 Å². The summed E-state index contributed by atoms with van der Waals surface area (Å²) in [7, 11) is 0. The number of benzene rings is 1. The van der Waals surface area contributed by atoms with Gasteiger partial charge in [-0.2, -0.15) is 0 Å². The highest BCUT2D eigenvalue weighted by molar-refractivity contribution is 5.95. The van der Waals surface area contributed by atoms with Gasteiger partial charge in [-0.25, -0.2) is 4.79 Å². The quantitative estimate of drug-likeness (QED) is 0.671. The molecule has 0 aliphatic heterocycles. The first-order valence-corrected chi connectivity index (χ1v) is 6.60. The Morgan fingerprint density at radius 1 is 1.25 bits per heavy atom. The van der Waals surface area contributed by atoms with Crippen molar-refractivity contribution in [1.82, 2.24) is 15.5 Å². The Kier molecular flexibility index (Phi) is 7.31. The summed E-state index contributed by atoms with van der Waals surface area (Å²) >= 11 is 0. The molecule has 1 aromatic rings. The molecule has 6 heteroatoms. The van der Waals surface area contributed by atoms with E-state index in [0.29, 0.717) is 19.6 Å². The summed E-state index contributed by atoms with van der Waals surface area (Å²) in [6, 6.07) is 9.16. The van der Waals surface area contributed by atoms with Gasteiger partial charge in [-0.1, -0.05) is 30.3 Å². The number of nitrogens with one attached hydrogen (secondary N) is 2. The van der Waals surface area contributed by atoms with Crippen LogP contribution in [0, 0.1) is 0 Å². The van der Waals surface area contributed by atoms with Gasteiger partial charge in [-0.15, -0.1) is 0 Å². The number of imide groups is 1. The van der Waals surface area contributed by atoms with Crippen LogP contribution >= 0.6 is 0 Å². The lowest BCUT2D eigenvalue weighted by atomic mass is 10.2. The first kappa shape index (κ1) is 16.1. The Morgan fingerprint density at radius 2 is 1.95 bits per heavy atom. The second kappa shape index (κ2) is 9.06. The van der Waals surface area contributed by atoms with Crippen molar-refractivity contribution >= 4 is 11.9 Å². The molecule has 0 spiro atoms. The van der Waals surface area contributed by atoms with E-state index >= 15 is 0 Å². The average molecular weight is 279 g/mol. The third kappa shape index (κ3) is 6.31. The molecule has 0 unspecified atom stereocenters. The number of urea groups is 1. The van der Waals surface area contributed by atoms with Crippen LogP contribution < -0.4 is 10.6 Å². The van der Waals surface area contributed by atoms with Gasteiger partial charge in [0.1, 0.15) is 0 Å². The molecule has 0 saturated heterocycles. The molecule has 0 aromatic heterocycles. The summed E-state index contributed by atoms with van der Waals surface area (Å²) in [6.07, 6.45) is 0. The summed E-state index contributed by atoms with van der Waals surface area (Å²) in [5.74, 6) is -0.389. The second-order valence-corrected chi connectivity index (χ2v) is 4.33. The topological polar surface area (TPSA) is 81.7 Å². The number of carbonyl (C=O) groups excluding carboxylic acids is 2. The van der Waals surface area contributed by atoms with Gasteiger partial charge in [0, 0.05) is 19.6 Å². The van der Waals surface area contributed by atoms with Crippen molar-refractivity contribution in [2.75, 3.05) is 26.2 Å². The molecule has 20 heavy (non-hydrogen) atoms. The Balaban J connectivity index is 2.50. The van der Waals surface area contributed by atoms with Crippen molar-refractivity contribution in [3.05, 3.63) is 35.9 Å². The fraction of sp³-hybridized carbons (Fsp3) is 0.429. The van der Waals surface area contributed by atoms with Gasteiger partial charge in [-0.3, -0.25) is 15.0 Å². The molecule has 0 aliphatic carbocycles. The maximum atomic E-state index is 11.7. The highest BCUT2D eigenvalue weighted by atomic mass is 16.3. The lowest BCUT2D eigenvalue weighted by Crippen LogP contribution is -2.44. The lowest BCUT2D eigenvalue weighted by molar-refractivity contribution is -0.121. The molecule has 0 fully saturated rings. The monoisotopic (exact) mass is 279 g/mol. The predicted octanol–water partition coefficient (Wildman–Crippen LogP) is 0.327. The molecule has 0 saturated carbocycles. The average Bonchev–Trinajstić information content (AvgIpc) is 2.40. The zero-order valence-corrected chi connectivity index (χ0v) is 11.6. The van der Waals surface area contributed by atoms with Crippen LogP contribution in [0.3, 0.4) is 0 Å². The zero-order chi connectivity index (χ0) is 14.8. The smallest absolute Gasteiger partial charge is 0.321 e. The maximum Gasteiger partial charge on any atom is 0.321 e. The summed E-state index contributed by atoms with van der Waals surface area (Å²) in [5, 5.41) is 13.8. The SMILES string of the molecule is CCNC(=O)NC(=O)CN(CCO)Cc1ccccc1. The summed E-state index contributed by atoms with van der Waals surface area (Å²) in [5.41, 5.74) is 1.05. The second-order valence-electron chi connectivity index (χ2n) is 4.33. The van der Waals surface area contributed by atoms with Gasteiger partial charge in [0.25, 0.3) is 0 Å². The van der Waals surface area contributed by atoms with E-state index in [4.69, 9.17) is 5.11 Å². The van der Waals surface area contributed by atoms with E-state index in [-0.39, 0.29) is 19.1 Å². The number of rotatable bonds is 7. The van der Waals surface area contributed by atoms with E-state index in [2.05, 4.69) is 10.6 Å². The lowest BCUT2D eigenvalue weighted by Gasteiger charge is -2.20. The first-order valence-electron chi connectivity index (χ1n) is 6.60. The molecule has 3 amide bonds. The molecule has 0 bridgehead atoms. The van der Waals surface area contributed by atoms with Crippen molar-refractivity contribution in [1.29, 1.82) is 0 Å². The van der Waals surface area contributed by atoms with Crippen LogP contribution in [-0.2, 0) is 11.3 Å². The van der Waals surface area contributed by atoms with E-state index in [1.165, 1.54) is 0 Å². The van der Waals surface area contributed by atoms with Gasteiger partial charge in [0.15, 0.2) is 0 Å². The van der Waals surface area contributed by atoms with E-state index in [1.54, 1.807) is 11.8 Å². The first-order chi connectivity index (χ1) is 9.65. The van der Waals surface area contributed by atoms with E-state index < -0.39 is 6.03 Å². The van der Waals surface area contributed by atoms with E-state index in [1.807, 2.05) is 30.3 Å². The van der Waals surface area contributed by atoms with Gasteiger partial charge in [0.05, 0.1) is 13.2 Å². The molecular formula is C14H21N3O3. The van der Waals surface area contributed by atoms with E-state index in [9.17, 15) is 9.59 Å². The van der Waals surface area contributed by atoms with Crippen LogP contribution in [0.5, 0.6) is 0 Å². The van der Waals surface area contributed by atoms with Crippen molar-refractivity contribution in [3.8, 4) is 0 Å². The fourth-order valence-corrected chi connectivity index (χ4v) is 1.77. The van der Waals surface area contributed by atoms with Crippen LogP contribution in [0.25, 0.3) is 0 Å². The van der Waals surface area contributed by atoms with Gasteiger partial charge in [0.2, 0.25) is 5.91 Å². The minimum absolute atomic E-state index is 0.0404. The van der Waals surface area contributed by atoms with Crippen LogP contribution in [0.2, 0.25) is 0 Å². The molecule has 110 valence electrons. The molecule has 0 aliphatic rings. The Hall–Kier alpha value is -1.92. The van der Waals surface area contributed by atoms with Crippen LogP contribution in [0.1, 0.15) is 12.5 Å². The van der Waals surface area contributed by atoms with Crippen molar-refractivity contribution < 1.29 is 14.7 Å². The molecule has 0 radical (unpaired) electrons.